The van der Waals surface area contributed by atoms with Crippen molar-refractivity contribution in [3.05, 3.63) is 58.4 Å². The largest absolute Gasteiger partial charge is 0.505 e. The summed E-state index contributed by atoms with van der Waals surface area (Å²) in [6, 6.07) is 11.5. The van der Waals surface area contributed by atoms with Crippen LogP contribution in [0.1, 0.15) is 17.4 Å². The van der Waals surface area contributed by atoms with E-state index in [1.165, 1.54) is 4.88 Å². The molecule has 3 rings (SSSR count). The second kappa shape index (κ2) is 4.63. The zero-order chi connectivity index (χ0) is 15.2. The Labute approximate surface area is 125 Å². The summed E-state index contributed by atoms with van der Waals surface area (Å²) in [5.41, 5.74) is 0.331. The van der Waals surface area contributed by atoms with Crippen LogP contribution in [0.3, 0.4) is 0 Å². The van der Waals surface area contributed by atoms with Gasteiger partial charge < -0.3 is 14.9 Å². The Kier molecular flexibility index (Phi) is 3.02. The first-order chi connectivity index (χ1) is 9.91. The maximum absolute atomic E-state index is 11.4. The Balaban J connectivity index is 1.97. The van der Waals surface area contributed by atoms with E-state index in [2.05, 4.69) is 12.1 Å². The second-order valence-corrected chi connectivity index (χ2v) is 6.40. The standard InChI is InChI=1S/C16H14O4S/c1-9-3-8-12(21-9)10-4-6-11(7-5-10)16(2)14(18)13(17)15(19)20-16/h3-8,17-18H,1-2H3. The van der Waals surface area contributed by atoms with E-state index in [1.54, 1.807) is 30.4 Å². The lowest BCUT2D eigenvalue weighted by molar-refractivity contribution is -0.149. The first-order valence-corrected chi connectivity index (χ1v) is 7.27. The molecule has 2 aromatic rings. The highest BCUT2D eigenvalue weighted by atomic mass is 32.1. The predicted octanol–water partition coefficient (Wildman–Crippen LogP) is 3.82. The van der Waals surface area contributed by atoms with Gasteiger partial charge in [0.2, 0.25) is 5.76 Å². The van der Waals surface area contributed by atoms with Crippen LogP contribution < -0.4 is 0 Å². The van der Waals surface area contributed by atoms with Gasteiger partial charge in [-0.1, -0.05) is 24.3 Å². The summed E-state index contributed by atoms with van der Waals surface area (Å²) in [7, 11) is 0. The summed E-state index contributed by atoms with van der Waals surface area (Å²) < 4.78 is 5.10. The van der Waals surface area contributed by atoms with E-state index in [9.17, 15) is 15.0 Å². The lowest BCUT2D eigenvalue weighted by atomic mass is 9.93. The van der Waals surface area contributed by atoms with Crippen molar-refractivity contribution in [2.45, 2.75) is 19.4 Å². The molecule has 0 aliphatic carbocycles. The molecule has 1 atom stereocenters. The SMILES string of the molecule is Cc1ccc(-c2ccc(C3(C)OC(=O)C(O)=C3O)cc2)s1. The van der Waals surface area contributed by atoms with Gasteiger partial charge in [0.1, 0.15) is 0 Å². The molecule has 0 saturated carbocycles. The van der Waals surface area contributed by atoms with E-state index in [0.29, 0.717) is 5.56 Å². The van der Waals surface area contributed by atoms with Gasteiger partial charge in [-0.2, -0.15) is 0 Å². The maximum Gasteiger partial charge on any atom is 0.378 e. The number of aryl methyl sites for hydroxylation is 1. The van der Waals surface area contributed by atoms with E-state index in [-0.39, 0.29) is 0 Å². The zero-order valence-corrected chi connectivity index (χ0v) is 12.4. The molecular formula is C16H14O4S. The zero-order valence-electron chi connectivity index (χ0n) is 11.6. The van der Waals surface area contributed by atoms with Gasteiger partial charge >= 0.3 is 5.97 Å². The van der Waals surface area contributed by atoms with Crippen molar-refractivity contribution in [1.82, 2.24) is 0 Å². The molecule has 1 aliphatic rings. The molecule has 1 aliphatic heterocycles. The van der Waals surface area contributed by atoms with Crippen LogP contribution in [0, 0.1) is 6.92 Å². The van der Waals surface area contributed by atoms with Crippen LogP contribution in [0.15, 0.2) is 47.9 Å². The van der Waals surface area contributed by atoms with E-state index < -0.39 is 23.1 Å². The van der Waals surface area contributed by atoms with Crippen LogP contribution >= 0.6 is 11.3 Å². The third kappa shape index (κ3) is 2.10. The highest BCUT2D eigenvalue weighted by molar-refractivity contribution is 7.15. The highest BCUT2D eigenvalue weighted by Crippen LogP contribution is 2.39. The molecule has 1 aromatic carbocycles. The first-order valence-electron chi connectivity index (χ1n) is 6.45. The number of hydrogen-bond acceptors (Lipinski definition) is 5. The number of aliphatic hydroxyl groups is 2. The molecule has 0 radical (unpaired) electrons. The summed E-state index contributed by atoms with van der Waals surface area (Å²) in [5.74, 6) is -2.09. The summed E-state index contributed by atoms with van der Waals surface area (Å²) in [5, 5.41) is 19.4. The maximum atomic E-state index is 11.4. The fourth-order valence-corrected chi connectivity index (χ4v) is 3.22. The number of thiophene rings is 1. The summed E-state index contributed by atoms with van der Waals surface area (Å²) in [4.78, 5) is 13.8. The lowest BCUT2D eigenvalue weighted by Crippen LogP contribution is -2.25. The van der Waals surface area contributed by atoms with Crippen molar-refractivity contribution in [2.24, 2.45) is 0 Å². The minimum Gasteiger partial charge on any atom is -0.505 e. The number of carbonyl (C=O) groups excluding carboxylic acids is 1. The van der Waals surface area contributed by atoms with E-state index in [1.807, 2.05) is 19.1 Å². The minimum atomic E-state index is -1.33. The van der Waals surface area contributed by atoms with Crippen molar-refractivity contribution < 1.29 is 19.7 Å². The van der Waals surface area contributed by atoms with Crippen molar-refractivity contribution in [1.29, 1.82) is 0 Å². The molecule has 5 heteroatoms. The summed E-state index contributed by atoms with van der Waals surface area (Å²) in [6.45, 7) is 3.60. The van der Waals surface area contributed by atoms with Gasteiger partial charge in [0.25, 0.3) is 0 Å². The summed E-state index contributed by atoms with van der Waals surface area (Å²) >= 11 is 1.70. The van der Waals surface area contributed by atoms with Crippen molar-refractivity contribution >= 4 is 17.3 Å². The molecule has 108 valence electrons. The number of hydrogen-bond donors (Lipinski definition) is 2. The van der Waals surface area contributed by atoms with E-state index >= 15 is 0 Å². The molecule has 2 N–H and O–H groups in total. The normalized spacial score (nSPS) is 21.7. The number of aliphatic hydroxyl groups excluding tert-OH is 2. The molecule has 0 amide bonds. The molecular weight excluding hydrogens is 288 g/mol. The first kappa shape index (κ1) is 13.7. The fraction of sp³-hybridized carbons (Fsp3) is 0.188. The van der Waals surface area contributed by atoms with Crippen LogP contribution in [0.25, 0.3) is 10.4 Å². The fourth-order valence-electron chi connectivity index (χ4n) is 2.34. The molecule has 1 aromatic heterocycles. The lowest BCUT2D eigenvalue weighted by Gasteiger charge is -2.23. The third-order valence-corrected chi connectivity index (χ3v) is 4.68. The van der Waals surface area contributed by atoms with Gasteiger partial charge in [0, 0.05) is 15.3 Å². The Hall–Kier alpha value is -2.27. The highest BCUT2D eigenvalue weighted by Gasteiger charge is 2.46. The van der Waals surface area contributed by atoms with Crippen molar-refractivity contribution in [3.63, 3.8) is 0 Å². The Morgan fingerprint density at radius 3 is 2.24 bits per heavy atom. The second-order valence-electron chi connectivity index (χ2n) is 5.11. The number of cyclic esters (lactones) is 1. The van der Waals surface area contributed by atoms with Crippen LogP contribution in [-0.2, 0) is 15.1 Å². The average molecular weight is 302 g/mol. The van der Waals surface area contributed by atoms with E-state index in [0.717, 1.165) is 10.4 Å². The minimum absolute atomic E-state index is 0.452. The molecule has 0 spiro atoms. The molecule has 2 heterocycles. The van der Waals surface area contributed by atoms with Crippen LogP contribution in [-0.4, -0.2) is 16.2 Å². The summed E-state index contributed by atoms with van der Waals surface area (Å²) in [6.07, 6.45) is 0. The van der Waals surface area contributed by atoms with Crippen LogP contribution in [0.5, 0.6) is 0 Å². The predicted molar refractivity (Wildman–Crippen MR) is 80.2 cm³/mol. The topological polar surface area (TPSA) is 66.8 Å². The van der Waals surface area contributed by atoms with Gasteiger partial charge in [-0.3, -0.25) is 0 Å². The number of esters is 1. The third-order valence-electron chi connectivity index (χ3n) is 3.63. The monoisotopic (exact) mass is 302 g/mol. The van der Waals surface area contributed by atoms with Crippen molar-refractivity contribution in [3.8, 4) is 10.4 Å². The molecule has 1 unspecified atom stereocenters. The molecule has 0 saturated heterocycles. The van der Waals surface area contributed by atoms with Crippen molar-refractivity contribution in [2.75, 3.05) is 0 Å². The number of ether oxygens (including phenoxy) is 1. The number of benzene rings is 1. The van der Waals surface area contributed by atoms with Gasteiger partial charge in [-0.05, 0) is 31.5 Å². The number of rotatable bonds is 2. The Bertz CT molecular complexity index is 742. The molecule has 0 bridgehead atoms. The average Bonchev–Trinajstić information content (AvgIpc) is 2.99. The van der Waals surface area contributed by atoms with Gasteiger partial charge in [-0.25, -0.2) is 4.79 Å². The van der Waals surface area contributed by atoms with E-state index in [4.69, 9.17) is 4.74 Å². The van der Waals surface area contributed by atoms with Crippen LogP contribution in [0.2, 0.25) is 0 Å². The molecule has 4 nitrogen and oxygen atoms in total. The Morgan fingerprint density at radius 1 is 1.10 bits per heavy atom. The van der Waals surface area contributed by atoms with Gasteiger partial charge in [0.05, 0.1) is 0 Å². The smallest absolute Gasteiger partial charge is 0.378 e. The van der Waals surface area contributed by atoms with Crippen LogP contribution in [0.4, 0.5) is 0 Å². The molecule has 21 heavy (non-hydrogen) atoms. The molecule has 0 fully saturated rings. The number of carbonyl (C=O) groups is 1. The quantitative estimate of drug-likeness (QED) is 0.828. The van der Waals surface area contributed by atoms with Gasteiger partial charge in [-0.15, -0.1) is 11.3 Å². The van der Waals surface area contributed by atoms with Gasteiger partial charge in [0.15, 0.2) is 11.4 Å². The Morgan fingerprint density at radius 2 is 1.76 bits per heavy atom.